The lowest BCUT2D eigenvalue weighted by Crippen LogP contribution is -2.31. The summed E-state index contributed by atoms with van der Waals surface area (Å²) >= 11 is 3.50. The lowest BCUT2D eigenvalue weighted by atomic mass is 9.95. The summed E-state index contributed by atoms with van der Waals surface area (Å²) in [4.78, 5) is 32.3. The van der Waals surface area contributed by atoms with Crippen LogP contribution in [0.4, 0.5) is 0 Å². The maximum Gasteiger partial charge on any atom is 0.254 e. The van der Waals surface area contributed by atoms with Gasteiger partial charge in [-0.1, -0.05) is 0 Å². The summed E-state index contributed by atoms with van der Waals surface area (Å²) in [5.41, 5.74) is 4.44. The average molecular weight is 445 g/mol. The Hall–Kier alpha value is -1.66. The Morgan fingerprint density at radius 2 is 1.13 bits per heavy atom. The van der Waals surface area contributed by atoms with E-state index in [0.29, 0.717) is 0 Å². The standard InChI is InChI=1S/C24H32N2O2S2/c1-25(23(27)19-15-29-21-11-5-3-9-17(19)21)13-7-8-14-26(2)24(28)20-16-30-22-12-6-4-10-18(20)22/h15-16H,3-14H2,1-2H3. The molecule has 4 rings (SSSR count). The van der Waals surface area contributed by atoms with E-state index >= 15 is 0 Å². The number of thiophene rings is 2. The molecule has 0 spiro atoms. The van der Waals surface area contributed by atoms with Crippen LogP contribution in [0.25, 0.3) is 0 Å². The second-order valence-corrected chi connectivity index (χ2v) is 10.6. The van der Waals surface area contributed by atoms with Crippen LogP contribution < -0.4 is 0 Å². The largest absolute Gasteiger partial charge is 0.342 e. The van der Waals surface area contributed by atoms with E-state index in [1.807, 2.05) is 23.9 Å². The molecule has 0 aromatic carbocycles. The minimum absolute atomic E-state index is 0.156. The summed E-state index contributed by atoms with van der Waals surface area (Å²) in [6.45, 7) is 1.47. The molecule has 0 unspecified atom stereocenters. The Kier molecular flexibility index (Phi) is 6.94. The van der Waals surface area contributed by atoms with Gasteiger partial charge in [0.25, 0.3) is 11.8 Å². The number of aryl methyl sites for hydroxylation is 2. The van der Waals surface area contributed by atoms with Crippen molar-refractivity contribution in [1.82, 2.24) is 9.80 Å². The van der Waals surface area contributed by atoms with Crippen molar-refractivity contribution < 1.29 is 9.59 Å². The van der Waals surface area contributed by atoms with Gasteiger partial charge in [0, 0.05) is 47.7 Å². The summed E-state index contributed by atoms with van der Waals surface area (Å²) in [5.74, 6) is 0.312. The minimum Gasteiger partial charge on any atom is -0.342 e. The number of fused-ring (bicyclic) bond motifs is 2. The fourth-order valence-electron chi connectivity index (χ4n) is 4.66. The molecule has 0 bridgehead atoms. The molecule has 6 heteroatoms. The fourth-order valence-corrected chi connectivity index (χ4v) is 6.90. The number of hydrogen-bond donors (Lipinski definition) is 0. The van der Waals surface area contributed by atoms with Crippen LogP contribution in [-0.2, 0) is 25.7 Å². The maximum atomic E-state index is 12.9. The third-order valence-corrected chi connectivity index (χ3v) is 8.69. The Balaban J connectivity index is 1.24. The molecule has 2 aliphatic rings. The van der Waals surface area contributed by atoms with Crippen LogP contribution in [0, 0.1) is 0 Å². The first kappa shape index (κ1) is 21.6. The van der Waals surface area contributed by atoms with Crippen LogP contribution in [0.2, 0.25) is 0 Å². The van der Waals surface area contributed by atoms with Gasteiger partial charge in [0.15, 0.2) is 0 Å². The van der Waals surface area contributed by atoms with E-state index in [4.69, 9.17) is 0 Å². The van der Waals surface area contributed by atoms with Crippen molar-refractivity contribution in [3.8, 4) is 0 Å². The van der Waals surface area contributed by atoms with Crippen molar-refractivity contribution in [2.24, 2.45) is 0 Å². The minimum atomic E-state index is 0.156. The van der Waals surface area contributed by atoms with E-state index in [2.05, 4.69) is 10.8 Å². The molecule has 2 amide bonds. The fraction of sp³-hybridized carbons (Fsp3) is 0.583. The zero-order valence-corrected chi connectivity index (χ0v) is 19.8. The smallest absolute Gasteiger partial charge is 0.254 e. The third-order valence-electron chi connectivity index (χ3n) is 6.51. The van der Waals surface area contributed by atoms with Crippen LogP contribution in [-0.4, -0.2) is 48.8 Å². The summed E-state index contributed by atoms with van der Waals surface area (Å²) in [6, 6.07) is 0. The number of carbonyl (C=O) groups is 2. The van der Waals surface area contributed by atoms with Gasteiger partial charge in [0.1, 0.15) is 0 Å². The van der Waals surface area contributed by atoms with E-state index in [9.17, 15) is 9.59 Å². The van der Waals surface area contributed by atoms with Crippen LogP contribution in [0.15, 0.2) is 10.8 Å². The molecular formula is C24H32N2O2S2. The molecule has 2 aromatic rings. The first-order valence-corrected chi connectivity index (χ1v) is 13.0. The SMILES string of the molecule is CN(CCCCN(C)C(=O)c1csc2c1CCCC2)C(=O)c1csc2c1CCCC2. The van der Waals surface area contributed by atoms with Gasteiger partial charge in [-0.05, 0) is 75.3 Å². The molecule has 0 fully saturated rings. The van der Waals surface area contributed by atoms with Crippen molar-refractivity contribution in [1.29, 1.82) is 0 Å². The summed E-state index contributed by atoms with van der Waals surface area (Å²) in [5, 5.41) is 4.12. The molecule has 2 aromatic heterocycles. The third kappa shape index (κ3) is 4.50. The second kappa shape index (κ2) is 9.65. The predicted molar refractivity (Wildman–Crippen MR) is 125 cm³/mol. The van der Waals surface area contributed by atoms with Gasteiger partial charge in [0.2, 0.25) is 0 Å². The van der Waals surface area contributed by atoms with E-state index in [1.54, 1.807) is 22.7 Å². The quantitative estimate of drug-likeness (QED) is 0.551. The van der Waals surface area contributed by atoms with E-state index in [1.165, 1.54) is 46.6 Å². The molecular weight excluding hydrogens is 412 g/mol. The van der Waals surface area contributed by atoms with Crippen LogP contribution in [0.3, 0.4) is 0 Å². The van der Waals surface area contributed by atoms with Crippen molar-refractivity contribution in [3.05, 3.63) is 42.8 Å². The highest BCUT2D eigenvalue weighted by atomic mass is 32.1. The van der Waals surface area contributed by atoms with Crippen molar-refractivity contribution in [3.63, 3.8) is 0 Å². The predicted octanol–water partition coefficient (Wildman–Crippen LogP) is 5.19. The number of rotatable bonds is 7. The normalized spacial score (nSPS) is 15.4. The first-order valence-electron chi connectivity index (χ1n) is 11.3. The van der Waals surface area contributed by atoms with Gasteiger partial charge in [-0.2, -0.15) is 0 Å². The zero-order valence-electron chi connectivity index (χ0n) is 18.2. The zero-order chi connectivity index (χ0) is 21.1. The highest BCUT2D eigenvalue weighted by molar-refractivity contribution is 7.10. The van der Waals surface area contributed by atoms with E-state index < -0.39 is 0 Å². The number of amides is 2. The van der Waals surface area contributed by atoms with Gasteiger partial charge < -0.3 is 9.80 Å². The molecule has 0 saturated carbocycles. The van der Waals surface area contributed by atoms with Crippen LogP contribution in [0.1, 0.15) is 80.1 Å². The lowest BCUT2D eigenvalue weighted by Gasteiger charge is -2.21. The Morgan fingerprint density at radius 1 is 0.733 bits per heavy atom. The number of nitrogens with zero attached hydrogens (tertiary/aromatic N) is 2. The molecule has 0 N–H and O–H groups in total. The van der Waals surface area contributed by atoms with Gasteiger partial charge in [-0.25, -0.2) is 0 Å². The topological polar surface area (TPSA) is 40.6 Å². The van der Waals surface area contributed by atoms with Crippen molar-refractivity contribution >= 4 is 34.5 Å². The highest BCUT2D eigenvalue weighted by Gasteiger charge is 2.23. The molecule has 2 aliphatic carbocycles. The molecule has 0 saturated heterocycles. The van der Waals surface area contributed by atoms with Crippen molar-refractivity contribution in [2.45, 2.75) is 64.2 Å². The summed E-state index contributed by atoms with van der Waals surface area (Å²) < 4.78 is 0. The average Bonchev–Trinajstić information content (AvgIpc) is 3.39. The van der Waals surface area contributed by atoms with Gasteiger partial charge in [-0.15, -0.1) is 22.7 Å². The lowest BCUT2D eigenvalue weighted by molar-refractivity contribution is 0.0766. The van der Waals surface area contributed by atoms with Crippen LogP contribution >= 0.6 is 22.7 Å². The number of unbranched alkanes of at least 4 members (excludes halogenated alkanes) is 1. The Morgan fingerprint density at radius 3 is 1.57 bits per heavy atom. The highest BCUT2D eigenvalue weighted by Crippen LogP contribution is 2.32. The second-order valence-electron chi connectivity index (χ2n) is 8.68. The van der Waals surface area contributed by atoms with Gasteiger partial charge in [-0.3, -0.25) is 9.59 Å². The summed E-state index contributed by atoms with van der Waals surface area (Å²) in [6.07, 6.45) is 11.1. The molecule has 30 heavy (non-hydrogen) atoms. The molecule has 4 nitrogen and oxygen atoms in total. The molecule has 0 aliphatic heterocycles. The van der Waals surface area contributed by atoms with Crippen molar-refractivity contribution in [2.75, 3.05) is 27.2 Å². The first-order chi connectivity index (χ1) is 14.6. The Bertz CT molecular complexity index is 840. The summed E-state index contributed by atoms with van der Waals surface area (Å²) in [7, 11) is 3.81. The van der Waals surface area contributed by atoms with Crippen LogP contribution in [0.5, 0.6) is 0 Å². The molecule has 0 radical (unpaired) electrons. The monoisotopic (exact) mass is 444 g/mol. The Labute approximate surface area is 187 Å². The van der Waals surface area contributed by atoms with E-state index in [-0.39, 0.29) is 11.8 Å². The molecule has 2 heterocycles. The van der Waals surface area contributed by atoms with Gasteiger partial charge in [0.05, 0.1) is 11.1 Å². The number of carbonyl (C=O) groups excluding carboxylic acids is 2. The molecule has 0 atom stereocenters. The maximum absolute atomic E-state index is 12.9. The van der Waals surface area contributed by atoms with Gasteiger partial charge >= 0.3 is 0 Å². The van der Waals surface area contributed by atoms with E-state index in [0.717, 1.165) is 62.7 Å². The number of hydrogen-bond acceptors (Lipinski definition) is 4. The molecule has 162 valence electrons.